The Bertz CT molecular complexity index is 414. The van der Waals surface area contributed by atoms with E-state index in [2.05, 4.69) is 26.1 Å². The number of halogens is 2. The molecule has 0 saturated carbocycles. The topological polar surface area (TPSA) is 38.9 Å². The molecule has 0 aromatic carbocycles. The number of rotatable bonds is 2. The van der Waals surface area contributed by atoms with Gasteiger partial charge in [0.15, 0.2) is 0 Å². The van der Waals surface area contributed by atoms with E-state index in [9.17, 15) is 0 Å². The van der Waals surface area contributed by atoms with Gasteiger partial charge in [0.1, 0.15) is 5.88 Å². The molecule has 0 aliphatic carbocycles. The third-order valence-electron chi connectivity index (χ3n) is 1.38. The second-order valence-electron chi connectivity index (χ2n) is 2.25. The molecule has 0 fully saturated rings. The molecular weight excluding hydrogens is 276 g/mol. The molecule has 0 unspecified atom stereocenters. The first-order valence-corrected chi connectivity index (χ1v) is 5.58. The quantitative estimate of drug-likeness (QED) is 0.792. The van der Waals surface area contributed by atoms with E-state index in [0.717, 1.165) is 8.66 Å². The Labute approximate surface area is 91.8 Å². The summed E-state index contributed by atoms with van der Waals surface area (Å²) in [6.07, 6.45) is 0. The number of thiophene rings is 1. The van der Waals surface area contributed by atoms with Gasteiger partial charge in [0.05, 0.1) is 8.66 Å². The molecule has 13 heavy (non-hydrogen) atoms. The van der Waals surface area contributed by atoms with Crippen LogP contribution in [0.4, 0.5) is 0 Å². The van der Waals surface area contributed by atoms with Gasteiger partial charge in [-0.1, -0.05) is 5.16 Å². The minimum atomic E-state index is 0.250. The van der Waals surface area contributed by atoms with Crippen molar-refractivity contribution in [1.82, 2.24) is 10.1 Å². The van der Waals surface area contributed by atoms with Crippen LogP contribution in [-0.4, -0.2) is 10.1 Å². The summed E-state index contributed by atoms with van der Waals surface area (Å²) < 4.78 is 5.92. The fourth-order valence-corrected chi connectivity index (χ4v) is 2.26. The SMILES string of the molecule is ClCc1nc(-c2ccc(Br)s2)no1. The summed E-state index contributed by atoms with van der Waals surface area (Å²) in [7, 11) is 0. The van der Waals surface area contributed by atoms with Crippen molar-refractivity contribution in [1.29, 1.82) is 0 Å². The van der Waals surface area contributed by atoms with E-state index in [-0.39, 0.29) is 5.88 Å². The van der Waals surface area contributed by atoms with Gasteiger partial charge < -0.3 is 4.52 Å². The number of alkyl halides is 1. The lowest BCUT2D eigenvalue weighted by Crippen LogP contribution is -1.76. The van der Waals surface area contributed by atoms with Crippen LogP contribution in [0.15, 0.2) is 20.4 Å². The molecule has 2 aromatic heterocycles. The first-order valence-electron chi connectivity index (χ1n) is 3.44. The summed E-state index contributed by atoms with van der Waals surface area (Å²) in [5, 5.41) is 3.79. The molecule has 0 amide bonds. The van der Waals surface area contributed by atoms with Crippen molar-refractivity contribution in [2.75, 3.05) is 0 Å². The van der Waals surface area contributed by atoms with Gasteiger partial charge in [-0.05, 0) is 28.1 Å². The van der Waals surface area contributed by atoms with Gasteiger partial charge in [-0.15, -0.1) is 22.9 Å². The maximum absolute atomic E-state index is 5.53. The summed E-state index contributed by atoms with van der Waals surface area (Å²) in [5.41, 5.74) is 0. The van der Waals surface area contributed by atoms with E-state index in [1.54, 1.807) is 11.3 Å². The Morgan fingerprint density at radius 1 is 1.54 bits per heavy atom. The van der Waals surface area contributed by atoms with Crippen molar-refractivity contribution >= 4 is 38.9 Å². The second kappa shape index (κ2) is 3.77. The molecular formula is C7H4BrClN2OS. The Balaban J connectivity index is 2.35. The Kier molecular flexibility index (Phi) is 2.66. The molecule has 2 aromatic rings. The van der Waals surface area contributed by atoms with Crippen LogP contribution in [0.2, 0.25) is 0 Å². The summed E-state index contributed by atoms with van der Waals surface area (Å²) in [6.45, 7) is 0. The molecule has 3 nitrogen and oxygen atoms in total. The van der Waals surface area contributed by atoms with Crippen LogP contribution in [-0.2, 0) is 5.88 Å². The zero-order valence-electron chi connectivity index (χ0n) is 6.33. The van der Waals surface area contributed by atoms with Crippen LogP contribution in [0.25, 0.3) is 10.7 Å². The number of hydrogen-bond donors (Lipinski definition) is 0. The van der Waals surface area contributed by atoms with E-state index in [1.165, 1.54) is 0 Å². The average molecular weight is 280 g/mol. The zero-order valence-corrected chi connectivity index (χ0v) is 9.49. The molecule has 0 saturated heterocycles. The van der Waals surface area contributed by atoms with Crippen molar-refractivity contribution in [2.24, 2.45) is 0 Å². The highest BCUT2D eigenvalue weighted by Crippen LogP contribution is 2.29. The molecule has 0 atom stereocenters. The highest BCUT2D eigenvalue weighted by Gasteiger charge is 2.09. The second-order valence-corrected chi connectivity index (χ2v) is 4.98. The maximum atomic E-state index is 5.53. The molecule has 0 aliphatic rings. The molecule has 0 radical (unpaired) electrons. The normalized spacial score (nSPS) is 10.6. The Morgan fingerprint density at radius 3 is 2.92 bits per heavy atom. The van der Waals surface area contributed by atoms with Gasteiger partial charge in [-0.3, -0.25) is 0 Å². The highest BCUT2D eigenvalue weighted by atomic mass is 79.9. The van der Waals surface area contributed by atoms with Crippen molar-refractivity contribution in [3.8, 4) is 10.7 Å². The third-order valence-corrected chi connectivity index (χ3v) is 3.22. The largest absolute Gasteiger partial charge is 0.338 e. The van der Waals surface area contributed by atoms with Crippen LogP contribution >= 0.6 is 38.9 Å². The monoisotopic (exact) mass is 278 g/mol. The van der Waals surface area contributed by atoms with Gasteiger partial charge in [-0.2, -0.15) is 4.98 Å². The average Bonchev–Trinajstić information content (AvgIpc) is 2.71. The zero-order chi connectivity index (χ0) is 9.26. The highest BCUT2D eigenvalue weighted by molar-refractivity contribution is 9.11. The summed E-state index contributed by atoms with van der Waals surface area (Å²) in [4.78, 5) is 5.06. The first kappa shape index (κ1) is 9.18. The molecule has 0 bridgehead atoms. The van der Waals surface area contributed by atoms with Gasteiger partial charge >= 0.3 is 0 Å². The van der Waals surface area contributed by atoms with Crippen LogP contribution in [0, 0.1) is 0 Å². The predicted molar refractivity (Wildman–Crippen MR) is 54.9 cm³/mol. The summed E-state index contributed by atoms with van der Waals surface area (Å²) in [6, 6.07) is 3.87. The lowest BCUT2D eigenvalue weighted by Gasteiger charge is -1.81. The summed E-state index contributed by atoms with van der Waals surface area (Å²) in [5.74, 6) is 1.28. The molecule has 0 spiro atoms. The fourth-order valence-electron chi connectivity index (χ4n) is 0.844. The fraction of sp³-hybridized carbons (Fsp3) is 0.143. The molecule has 0 N–H and O–H groups in total. The van der Waals surface area contributed by atoms with Crippen LogP contribution in [0.1, 0.15) is 5.89 Å². The molecule has 68 valence electrons. The lowest BCUT2D eigenvalue weighted by atomic mass is 10.4. The van der Waals surface area contributed by atoms with Crippen molar-refractivity contribution in [3.05, 3.63) is 21.8 Å². The molecule has 6 heteroatoms. The molecule has 2 heterocycles. The minimum absolute atomic E-state index is 0.250. The first-order chi connectivity index (χ1) is 6.29. The predicted octanol–water partition coefficient (Wildman–Crippen LogP) is 3.30. The smallest absolute Gasteiger partial charge is 0.241 e. The van der Waals surface area contributed by atoms with E-state index < -0.39 is 0 Å². The van der Waals surface area contributed by atoms with Crippen molar-refractivity contribution < 1.29 is 4.52 Å². The van der Waals surface area contributed by atoms with Crippen molar-refractivity contribution in [2.45, 2.75) is 5.88 Å². The Hall–Kier alpha value is -0.390. The van der Waals surface area contributed by atoms with Crippen LogP contribution < -0.4 is 0 Å². The van der Waals surface area contributed by atoms with E-state index in [1.807, 2.05) is 12.1 Å². The third kappa shape index (κ3) is 1.92. The van der Waals surface area contributed by atoms with Gasteiger partial charge in [-0.25, -0.2) is 0 Å². The molecule has 2 rings (SSSR count). The van der Waals surface area contributed by atoms with Crippen molar-refractivity contribution in [3.63, 3.8) is 0 Å². The van der Waals surface area contributed by atoms with Crippen LogP contribution in [0.3, 0.4) is 0 Å². The number of aromatic nitrogens is 2. The Morgan fingerprint density at radius 2 is 2.38 bits per heavy atom. The van der Waals surface area contributed by atoms with Crippen LogP contribution in [0.5, 0.6) is 0 Å². The van der Waals surface area contributed by atoms with E-state index >= 15 is 0 Å². The van der Waals surface area contributed by atoms with Gasteiger partial charge in [0.2, 0.25) is 11.7 Å². The standard InChI is InChI=1S/C7H4BrClN2OS/c8-5-2-1-4(13-5)7-10-6(3-9)12-11-7/h1-2H,3H2. The van der Waals surface area contributed by atoms with E-state index in [4.69, 9.17) is 16.1 Å². The minimum Gasteiger partial charge on any atom is -0.338 e. The summed E-state index contributed by atoms with van der Waals surface area (Å²) >= 11 is 10.4. The lowest BCUT2D eigenvalue weighted by molar-refractivity contribution is 0.391. The maximum Gasteiger partial charge on any atom is 0.241 e. The van der Waals surface area contributed by atoms with E-state index in [0.29, 0.717) is 11.7 Å². The molecule has 0 aliphatic heterocycles. The van der Waals surface area contributed by atoms with Gasteiger partial charge in [0.25, 0.3) is 0 Å². The van der Waals surface area contributed by atoms with Gasteiger partial charge in [0, 0.05) is 0 Å². The number of hydrogen-bond acceptors (Lipinski definition) is 4. The number of nitrogens with zero attached hydrogens (tertiary/aromatic N) is 2.